The van der Waals surface area contributed by atoms with E-state index in [0.29, 0.717) is 6.42 Å². The van der Waals surface area contributed by atoms with Crippen LogP contribution < -0.4 is 0 Å². The molecule has 3 rings (SSSR count). The second kappa shape index (κ2) is 4.38. The molecule has 1 heterocycles. The number of amides is 1. The van der Waals surface area contributed by atoms with Crippen LogP contribution in [0.1, 0.15) is 31.4 Å². The SMILES string of the molecule is C[C@H](c1ccccc1)N1C[C@H]2CC[C@H](F)[C@H]2C1=O. The lowest BCUT2D eigenvalue weighted by Crippen LogP contribution is -2.32. The van der Waals surface area contributed by atoms with Crippen molar-refractivity contribution in [3.05, 3.63) is 35.9 Å². The van der Waals surface area contributed by atoms with E-state index in [1.165, 1.54) is 0 Å². The maximum atomic E-state index is 13.7. The van der Waals surface area contributed by atoms with Crippen LogP contribution in [0.25, 0.3) is 0 Å². The Bertz CT molecular complexity index is 447. The number of carbonyl (C=O) groups is 1. The van der Waals surface area contributed by atoms with Crippen molar-refractivity contribution in [1.29, 1.82) is 0 Å². The Morgan fingerprint density at radius 2 is 2.00 bits per heavy atom. The maximum absolute atomic E-state index is 13.7. The largest absolute Gasteiger partial charge is 0.335 e. The van der Waals surface area contributed by atoms with E-state index in [9.17, 15) is 9.18 Å². The van der Waals surface area contributed by atoms with Crippen molar-refractivity contribution in [1.82, 2.24) is 4.90 Å². The number of fused-ring (bicyclic) bond motifs is 1. The van der Waals surface area contributed by atoms with E-state index in [0.717, 1.165) is 18.5 Å². The van der Waals surface area contributed by atoms with Gasteiger partial charge in [0.1, 0.15) is 6.17 Å². The summed E-state index contributed by atoms with van der Waals surface area (Å²) >= 11 is 0. The number of hydrogen-bond donors (Lipinski definition) is 0. The Hall–Kier alpha value is -1.38. The van der Waals surface area contributed by atoms with E-state index in [2.05, 4.69) is 0 Å². The predicted molar refractivity (Wildman–Crippen MR) is 67.7 cm³/mol. The van der Waals surface area contributed by atoms with Gasteiger partial charge in [-0.25, -0.2) is 4.39 Å². The third-order valence-corrected chi connectivity index (χ3v) is 4.46. The number of carbonyl (C=O) groups excluding carboxylic acids is 1. The molecule has 0 aromatic heterocycles. The quantitative estimate of drug-likeness (QED) is 0.786. The first-order valence-corrected chi connectivity index (χ1v) is 6.68. The summed E-state index contributed by atoms with van der Waals surface area (Å²) in [5.74, 6) is -0.115. The van der Waals surface area contributed by atoms with Gasteiger partial charge in [-0.15, -0.1) is 0 Å². The van der Waals surface area contributed by atoms with Crippen LogP contribution in [0.15, 0.2) is 30.3 Å². The summed E-state index contributed by atoms with van der Waals surface area (Å²) in [4.78, 5) is 14.2. The van der Waals surface area contributed by atoms with Gasteiger partial charge in [-0.3, -0.25) is 4.79 Å². The van der Waals surface area contributed by atoms with E-state index in [4.69, 9.17) is 0 Å². The highest BCUT2D eigenvalue weighted by atomic mass is 19.1. The van der Waals surface area contributed by atoms with Crippen molar-refractivity contribution >= 4 is 5.91 Å². The Kier molecular flexibility index (Phi) is 2.84. The summed E-state index contributed by atoms with van der Waals surface area (Å²) < 4.78 is 13.7. The van der Waals surface area contributed by atoms with E-state index < -0.39 is 6.17 Å². The van der Waals surface area contributed by atoms with Crippen LogP contribution in [0.4, 0.5) is 4.39 Å². The molecule has 2 aliphatic rings. The van der Waals surface area contributed by atoms with Gasteiger partial charge in [-0.2, -0.15) is 0 Å². The van der Waals surface area contributed by atoms with Crippen LogP contribution in [0.2, 0.25) is 0 Å². The highest BCUT2D eigenvalue weighted by Gasteiger charge is 2.50. The fourth-order valence-corrected chi connectivity index (χ4v) is 3.38. The molecule has 1 saturated carbocycles. The molecular weight excluding hydrogens is 229 g/mol. The van der Waals surface area contributed by atoms with Crippen LogP contribution in [0.5, 0.6) is 0 Å². The third kappa shape index (κ3) is 1.73. The second-order valence-electron chi connectivity index (χ2n) is 5.46. The van der Waals surface area contributed by atoms with E-state index in [1.54, 1.807) is 0 Å². The molecule has 1 aromatic carbocycles. The first-order chi connectivity index (χ1) is 8.68. The zero-order valence-electron chi connectivity index (χ0n) is 10.6. The fourth-order valence-electron chi connectivity index (χ4n) is 3.38. The van der Waals surface area contributed by atoms with Crippen molar-refractivity contribution in [2.24, 2.45) is 11.8 Å². The minimum Gasteiger partial charge on any atom is -0.335 e. The van der Waals surface area contributed by atoms with Gasteiger partial charge in [-0.1, -0.05) is 30.3 Å². The van der Waals surface area contributed by atoms with Crippen LogP contribution >= 0.6 is 0 Å². The number of alkyl halides is 1. The smallest absolute Gasteiger partial charge is 0.229 e. The van der Waals surface area contributed by atoms with Crippen LogP contribution in [0, 0.1) is 11.8 Å². The molecule has 1 aliphatic carbocycles. The zero-order valence-corrected chi connectivity index (χ0v) is 10.6. The minimum atomic E-state index is -0.921. The summed E-state index contributed by atoms with van der Waals surface area (Å²) in [5.41, 5.74) is 1.13. The van der Waals surface area contributed by atoms with Crippen LogP contribution in [-0.4, -0.2) is 23.5 Å². The number of rotatable bonds is 2. The molecule has 1 amide bonds. The molecule has 0 unspecified atom stereocenters. The van der Waals surface area contributed by atoms with Crippen molar-refractivity contribution < 1.29 is 9.18 Å². The highest BCUT2D eigenvalue weighted by molar-refractivity contribution is 5.83. The van der Waals surface area contributed by atoms with Crippen molar-refractivity contribution in [3.63, 3.8) is 0 Å². The number of nitrogens with zero attached hydrogens (tertiary/aromatic N) is 1. The monoisotopic (exact) mass is 247 g/mol. The topological polar surface area (TPSA) is 20.3 Å². The lowest BCUT2D eigenvalue weighted by Gasteiger charge is -2.26. The minimum absolute atomic E-state index is 0.0151. The third-order valence-electron chi connectivity index (χ3n) is 4.46. The van der Waals surface area contributed by atoms with Gasteiger partial charge in [0.25, 0.3) is 0 Å². The molecule has 0 bridgehead atoms. The molecule has 1 saturated heterocycles. The van der Waals surface area contributed by atoms with E-state index in [-0.39, 0.29) is 23.8 Å². The van der Waals surface area contributed by atoms with Crippen molar-refractivity contribution in [2.45, 2.75) is 32.0 Å². The average Bonchev–Trinajstić information content (AvgIpc) is 2.92. The molecule has 0 N–H and O–H groups in total. The standard InChI is InChI=1S/C15H18FNO/c1-10(11-5-3-2-4-6-11)17-9-12-7-8-13(16)14(12)15(17)18/h2-6,10,12-14H,7-9H2,1H3/t10-,12-,13+,14+/m1/s1. The maximum Gasteiger partial charge on any atom is 0.229 e. The first kappa shape index (κ1) is 11.7. The van der Waals surface area contributed by atoms with Gasteiger partial charge in [0, 0.05) is 6.54 Å². The van der Waals surface area contributed by atoms with E-state index >= 15 is 0 Å². The van der Waals surface area contributed by atoms with Gasteiger partial charge in [0.2, 0.25) is 5.91 Å². The van der Waals surface area contributed by atoms with Gasteiger partial charge in [0.15, 0.2) is 0 Å². The van der Waals surface area contributed by atoms with Gasteiger partial charge >= 0.3 is 0 Å². The number of halogens is 1. The molecule has 0 radical (unpaired) electrons. The first-order valence-electron chi connectivity index (χ1n) is 6.68. The van der Waals surface area contributed by atoms with Crippen molar-refractivity contribution in [2.75, 3.05) is 6.54 Å². The molecule has 4 atom stereocenters. The molecule has 18 heavy (non-hydrogen) atoms. The predicted octanol–water partition coefficient (Wildman–Crippen LogP) is 2.95. The normalized spacial score (nSPS) is 32.7. The second-order valence-corrected chi connectivity index (χ2v) is 5.46. The molecular formula is C15H18FNO. The lowest BCUT2D eigenvalue weighted by atomic mass is 9.99. The van der Waals surface area contributed by atoms with Gasteiger partial charge in [-0.05, 0) is 31.2 Å². The molecule has 1 aliphatic heterocycles. The van der Waals surface area contributed by atoms with Gasteiger partial charge in [0.05, 0.1) is 12.0 Å². The molecule has 96 valence electrons. The Morgan fingerprint density at radius 1 is 1.28 bits per heavy atom. The molecule has 2 fully saturated rings. The lowest BCUT2D eigenvalue weighted by molar-refractivity contribution is -0.134. The highest BCUT2D eigenvalue weighted by Crippen LogP contribution is 2.43. The molecule has 1 aromatic rings. The Balaban J connectivity index is 1.81. The molecule has 3 heteroatoms. The number of benzene rings is 1. The summed E-state index contributed by atoms with van der Waals surface area (Å²) in [6.45, 7) is 2.75. The number of likely N-dealkylation sites (tertiary alicyclic amines) is 1. The molecule has 2 nitrogen and oxygen atoms in total. The summed E-state index contributed by atoms with van der Waals surface area (Å²) in [7, 11) is 0. The zero-order chi connectivity index (χ0) is 12.7. The van der Waals surface area contributed by atoms with Gasteiger partial charge < -0.3 is 4.90 Å². The Morgan fingerprint density at radius 3 is 2.67 bits per heavy atom. The summed E-state index contributed by atoms with van der Waals surface area (Å²) in [6.07, 6.45) is 0.500. The van der Waals surface area contributed by atoms with Crippen LogP contribution in [-0.2, 0) is 4.79 Å². The summed E-state index contributed by atoms with van der Waals surface area (Å²) in [5, 5.41) is 0. The van der Waals surface area contributed by atoms with Crippen LogP contribution in [0.3, 0.4) is 0 Å². The fraction of sp³-hybridized carbons (Fsp3) is 0.533. The number of hydrogen-bond acceptors (Lipinski definition) is 1. The Labute approximate surface area is 107 Å². The average molecular weight is 247 g/mol. The molecule has 0 spiro atoms. The van der Waals surface area contributed by atoms with Crippen molar-refractivity contribution in [3.8, 4) is 0 Å². The van der Waals surface area contributed by atoms with E-state index in [1.807, 2.05) is 42.2 Å². The summed E-state index contributed by atoms with van der Waals surface area (Å²) in [6, 6.07) is 10.0.